The number of carbonyl (C=O) groups is 2. The Kier molecular flexibility index (Phi) is 5.42. The van der Waals surface area contributed by atoms with Crippen molar-refractivity contribution >= 4 is 11.8 Å². The molecule has 1 aromatic rings. The molecule has 2 amide bonds. The van der Waals surface area contributed by atoms with Gasteiger partial charge in [-0.15, -0.1) is 0 Å². The van der Waals surface area contributed by atoms with E-state index in [0.717, 1.165) is 25.1 Å². The van der Waals surface area contributed by atoms with Crippen molar-refractivity contribution in [2.24, 2.45) is 5.92 Å². The smallest absolute Gasteiger partial charge is 0.227 e. The molecule has 1 unspecified atom stereocenters. The lowest BCUT2D eigenvalue weighted by Gasteiger charge is -2.24. The average molecular weight is 292 g/mol. The number of rotatable bonds is 7. The molecule has 1 aliphatic rings. The zero-order valence-electron chi connectivity index (χ0n) is 12.9. The van der Waals surface area contributed by atoms with Gasteiger partial charge in [0.2, 0.25) is 11.8 Å². The molecule has 0 aliphatic carbocycles. The Labute approximate surface area is 125 Å². The van der Waals surface area contributed by atoms with Crippen LogP contribution in [0.3, 0.4) is 0 Å². The number of hydrogen-bond acceptors (Lipinski definition) is 3. The Morgan fingerprint density at radius 1 is 1.48 bits per heavy atom. The predicted octanol–water partition coefficient (Wildman–Crippen LogP) is 2.28. The maximum absolute atomic E-state index is 12.5. The Morgan fingerprint density at radius 3 is 2.90 bits per heavy atom. The number of unbranched alkanes of at least 4 members (excludes halogenated alkanes) is 1. The molecule has 0 saturated carbocycles. The molecular weight excluding hydrogens is 268 g/mol. The molecule has 1 atom stereocenters. The van der Waals surface area contributed by atoms with Crippen molar-refractivity contribution in [1.29, 1.82) is 0 Å². The van der Waals surface area contributed by atoms with Crippen molar-refractivity contribution in [3.63, 3.8) is 0 Å². The minimum absolute atomic E-state index is 0.0382. The Morgan fingerprint density at radius 2 is 2.29 bits per heavy atom. The van der Waals surface area contributed by atoms with Gasteiger partial charge in [-0.2, -0.15) is 0 Å². The maximum Gasteiger partial charge on any atom is 0.227 e. The summed E-state index contributed by atoms with van der Waals surface area (Å²) in [4.78, 5) is 28.1. The van der Waals surface area contributed by atoms with Crippen LogP contribution in [0.15, 0.2) is 22.8 Å². The quantitative estimate of drug-likeness (QED) is 0.774. The van der Waals surface area contributed by atoms with Gasteiger partial charge in [-0.25, -0.2) is 0 Å². The molecule has 116 valence electrons. The van der Waals surface area contributed by atoms with Crippen LogP contribution in [0.4, 0.5) is 0 Å². The van der Waals surface area contributed by atoms with Gasteiger partial charge >= 0.3 is 0 Å². The fourth-order valence-electron chi connectivity index (χ4n) is 2.71. The third-order valence-corrected chi connectivity index (χ3v) is 3.97. The number of likely N-dealkylation sites (tertiary alicyclic amines) is 1. The molecular formula is C16H24N2O3. The summed E-state index contributed by atoms with van der Waals surface area (Å²) in [6.45, 7) is 6.56. The van der Waals surface area contributed by atoms with E-state index in [-0.39, 0.29) is 17.7 Å². The lowest BCUT2D eigenvalue weighted by Crippen LogP contribution is -2.37. The summed E-state index contributed by atoms with van der Waals surface area (Å²) in [5.74, 6) is 0.705. The minimum atomic E-state index is -0.204. The lowest BCUT2D eigenvalue weighted by molar-refractivity contribution is -0.135. The van der Waals surface area contributed by atoms with Gasteiger partial charge in [-0.1, -0.05) is 13.3 Å². The summed E-state index contributed by atoms with van der Waals surface area (Å²) in [7, 11) is 0. The van der Waals surface area contributed by atoms with E-state index < -0.39 is 0 Å². The van der Waals surface area contributed by atoms with E-state index in [1.165, 1.54) is 0 Å². The number of hydrogen-bond donors (Lipinski definition) is 0. The van der Waals surface area contributed by atoms with Crippen molar-refractivity contribution in [2.45, 2.75) is 39.7 Å². The second-order valence-corrected chi connectivity index (χ2v) is 5.53. The monoisotopic (exact) mass is 292 g/mol. The highest BCUT2D eigenvalue weighted by Gasteiger charge is 2.36. The SMILES string of the molecule is CCCCN(CC)C(=O)C1CC(=O)N(Cc2ccco2)C1. The molecule has 0 aromatic carbocycles. The zero-order valence-corrected chi connectivity index (χ0v) is 12.9. The van der Waals surface area contributed by atoms with Gasteiger partial charge in [0.1, 0.15) is 5.76 Å². The third-order valence-electron chi connectivity index (χ3n) is 3.97. The highest BCUT2D eigenvalue weighted by Crippen LogP contribution is 2.22. The molecule has 1 aromatic heterocycles. The number of furan rings is 1. The summed E-state index contributed by atoms with van der Waals surface area (Å²) in [5.41, 5.74) is 0. The molecule has 5 nitrogen and oxygen atoms in total. The fourth-order valence-corrected chi connectivity index (χ4v) is 2.71. The molecule has 1 aliphatic heterocycles. The van der Waals surface area contributed by atoms with Gasteiger partial charge in [-0.3, -0.25) is 9.59 Å². The van der Waals surface area contributed by atoms with Crippen molar-refractivity contribution in [3.05, 3.63) is 24.2 Å². The molecule has 1 saturated heterocycles. The van der Waals surface area contributed by atoms with Gasteiger partial charge in [0, 0.05) is 26.1 Å². The third kappa shape index (κ3) is 3.86. The first-order valence-corrected chi connectivity index (χ1v) is 7.74. The second kappa shape index (κ2) is 7.29. The maximum atomic E-state index is 12.5. The van der Waals surface area contributed by atoms with Gasteiger partial charge in [0.05, 0.1) is 18.7 Å². The molecule has 2 rings (SSSR count). The topological polar surface area (TPSA) is 53.8 Å². The first-order chi connectivity index (χ1) is 10.2. The molecule has 1 fully saturated rings. The standard InChI is InChI=1S/C16H24N2O3/c1-3-5-8-17(4-2)16(20)13-10-15(19)18(11-13)12-14-7-6-9-21-14/h6-7,9,13H,3-5,8,10-12H2,1-2H3. The van der Waals surface area contributed by atoms with Crippen LogP contribution in [-0.4, -0.2) is 41.2 Å². The van der Waals surface area contributed by atoms with Crippen molar-refractivity contribution in [2.75, 3.05) is 19.6 Å². The Balaban J connectivity index is 1.92. The van der Waals surface area contributed by atoms with E-state index in [2.05, 4.69) is 6.92 Å². The van der Waals surface area contributed by atoms with Crippen LogP contribution in [0, 0.1) is 5.92 Å². The highest BCUT2D eigenvalue weighted by molar-refractivity contribution is 5.89. The van der Waals surface area contributed by atoms with Crippen LogP contribution in [0.25, 0.3) is 0 Å². The van der Waals surface area contributed by atoms with Crippen LogP contribution in [0.5, 0.6) is 0 Å². The molecule has 0 bridgehead atoms. The Hall–Kier alpha value is -1.78. The van der Waals surface area contributed by atoms with Gasteiger partial charge in [0.15, 0.2) is 0 Å². The minimum Gasteiger partial charge on any atom is -0.467 e. The number of nitrogens with zero attached hydrogens (tertiary/aromatic N) is 2. The second-order valence-electron chi connectivity index (χ2n) is 5.53. The van der Waals surface area contributed by atoms with Gasteiger partial charge in [0.25, 0.3) is 0 Å². The summed E-state index contributed by atoms with van der Waals surface area (Å²) in [6.07, 6.45) is 4.00. The largest absolute Gasteiger partial charge is 0.467 e. The van der Waals surface area contributed by atoms with Crippen molar-refractivity contribution in [1.82, 2.24) is 9.80 Å². The molecule has 5 heteroatoms. The van der Waals surface area contributed by atoms with Gasteiger partial charge < -0.3 is 14.2 Å². The number of carbonyl (C=O) groups excluding carboxylic acids is 2. The van der Waals surface area contributed by atoms with E-state index in [9.17, 15) is 9.59 Å². The molecule has 0 spiro atoms. The fraction of sp³-hybridized carbons (Fsp3) is 0.625. The molecule has 0 radical (unpaired) electrons. The van der Waals surface area contributed by atoms with E-state index >= 15 is 0 Å². The van der Waals surface area contributed by atoms with Crippen LogP contribution in [-0.2, 0) is 16.1 Å². The average Bonchev–Trinajstić information content (AvgIpc) is 3.10. The lowest BCUT2D eigenvalue weighted by atomic mass is 10.1. The first-order valence-electron chi connectivity index (χ1n) is 7.74. The zero-order chi connectivity index (χ0) is 15.2. The normalized spacial score (nSPS) is 18.3. The molecule has 21 heavy (non-hydrogen) atoms. The highest BCUT2D eigenvalue weighted by atomic mass is 16.3. The summed E-state index contributed by atoms with van der Waals surface area (Å²) >= 11 is 0. The van der Waals surface area contributed by atoms with Gasteiger partial charge in [-0.05, 0) is 25.5 Å². The van der Waals surface area contributed by atoms with E-state index in [1.54, 1.807) is 11.2 Å². The van der Waals surface area contributed by atoms with Crippen LogP contribution in [0.1, 0.15) is 38.9 Å². The Bertz CT molecular complexity index is 470. The molecule has 2 heterocycles. The van der Waals surface area contributed by atoms with Crippen LogP contribution in [0.2, 0.25) is 0 Å². The van der Waals surface area contributed by atoms with Crippen molar-refractivity contribution in [3.8, 4) is 0 Å². The van der Waals surface area contributed by atoms with Crippen LogP contribution < -0.4 is 0 Å². The van der Waals surface area contributed by atoms with E-state index in [0.29, 0.717) is 26.1 Å². The van der Waals surface area contributed by atoms with Crippen molar-refractivity contribution < 1.29 is 14.0 Å². The first kappa shape index (κ1) is 15.6. The van der Waals surface area contributed by atoms with E-state index in [1.807, 2.05) is 24.0 Å². The molecule has 0 N–H and O–H groups in total. The van der Waals surface area contributed by atoms with Crippen LogP contribution >= 0.6 is 0 Å². The number of amides is 2. The van der Waals surface area contributed by atoms with E-state index in [4.69, 9.17) is 4.42 Å². The summed E-state index contributed by atoms with van der Waals surface area (Å²) in [6, 6.07) is 3.66. The summed E-state index contributed by atoms with van der Waals surface area (Å²) in [5, 5.41) is 0. The summed E-state index contributed by atoms with van der Waals surface area (Å²) < 4.78 is 5.27. The predicted molar refractivity (Wildman–Crippen MR) is 79.4 cm³/mol.